The summed E-state index contributed by atoms with van der Waals surface area (Å²) in [5.74, 6) is -1.46. The zero-order valence-corrected chi connectivity index (χ0v) is 22.2. The first-order valence-electron chi connectivity index (χ1n) is 12.7. The molecule has 0 aliphatic carbocycles. The standard InChI is InChI=1S/C28H35FN4O4/c1-18-9-10-19(15-20(18)29)32-16-27(2,3)25-22(32)12-11-21(30-25)26(37)33-14-13-31(17-28(33,4)5)23(34)7-6-8-24(35)36/h9-12,15H,6-8,13-14,16-17H2,1-5H3,(H,35,36). The highest BCUT2D eigenvalue weighted by Gasteiger charge is 2.41. The van der Waals surface area contributed by atoms with Crippen LogP contribution in [0.2, 0.25) is 0 Å². The second-order valence-electron chi connectivity index (χ2n) is 11.3. The molecular weight excluding hydrogens is 475 g/mol. The number of carboxylic acid groups (broad SMARTS) is 1. The topological polar surface area (TPSA) is 94.1 Å². The quantitative estimate of drug-likeness (QED) is 0.624. The number of aliphatic carboxylic acids is 1. The normalized spacial score (nSPS) is 18.1. The molecule has 2 amide bonds. The summed E-state index contributed by atoms with van der Waals surface area (Å²) in [6.45, 7) is 11.5. The number of piperazine rings is 1. The second kappa shape index (κ2) is 9.76. The van der Waals surface area contributed by atoms with Crippen molar-refractivity contribution < 1.29 is 23.9 Å². The lowest BCUT2D eigenvalue weighted by molar-refractivity contribution is -0.138. The Labute approximate surface area is 217 Å². The number of aryl methyl sites for hydroxylation is 1. The SMILES string of the molecule is Cc1ccc(N2CC(C)(C)c3nc(C(=O)N4CCN(C(=O)CCCC(=O)O)CC4(C)C)ccc32)cc1F. The van der Waals surface area contributed by atoms with Crippen LogP contribution in [0.1, 0.15) is 68.7 Å². The van der Waals surface area contributed by atoms with Gasteiger partial charge in [-0.25, -0.2) is 9.37 Å². The lowest BCUT2D eigenvalue weighted by atomic mass is 9.91. The fourth-order valence-corrected chi connectivity index (χ4v) is 5.25. The van der Waals surface area contributed by atoms with E-state index in [1.165, 1.54) is 6.07 Å². The molecule has 2 aromatic rings. The number of rotatable bonds is 6. The van der Waals surface area contributed by atoms with Gasteiger partial charge in [-0.2, -0.15) is 0 Å². The molecule has 0 atom stereocenters. The highest BCUT2D eigenvalue weighted by atomic mass is 19.1. The molecule has 1 aromatic carbocycles. The highest BCUT2D eigenvalue weighted by Crippen LogP contribution is 2.43. The van der Waals surface area contributed by atoms with Gasteiger partial charge in [0.15, 0.2) is 0 Å². The Morgan fingerprint density at radius 1 is 1.03 bits per heavy atom. The van der Waals surface area contributed by atoms with E-state index in [1.807, 2.05) is 30.9 Å². The van der Waals surface area contributed by atoms with E-state index in [0.29, 0.717) is 43.9 Å². The molecule has 9 heteroatoms. The van der Waals surface area contributed by atoms with Gasteiger partial charge in [-0.1, -0.05) is 19.9 Å². The lowest BCUT2D eigenvalue weighted by Crippen LogP contribution is -2.62. The third-order valence-electron chi connectivity index (χ3n) is 7.33. The van der Waals surface area contributed by atoms with Gasteiger partial charge in [0.25, 0.3) is 5.91 Å². The van der Waals surface area contributed by atoms with E-state index in [9.17, 15) is 18.8 Å². The van der Waals surface area contributed by atoms with Crippen molar-refractivity contribution in [1.82, 2.24) is 14.8 Å². The van der Waals surface area contributed by atoms with Gasteiger partial charge in [0, 0.05) is 50.1 Å². The molecule has 0 saturated carbocycles. The third-order valence-corrected chi connectivity index (χ3v) is 7.33. The van der Waals surface area contributed by atoms with Crippen LogP contribution in [0.15, 0.2) is 30.3 Å². The molecule has 0 bridgehead atoms. The minimum atomic E-state index is -0.914. The molecule has 3 heterocycles. The first-order valence-corrected chi connectivity index (χ1v) is 12.7. The summed E-state index contributed by atoms with van der Waals surface area (Å²) in [4.78, 5) is 47.3. The molecule has 1 aromatic heterocycles. The summed E-state index contributed by atoms with van der Waals surface area (Å²) >= 11 is 0. The Balaban J connectivity index is 1.52. The van der Waals surface area contributed by atoms with E-state index in [1.54, 1.807) is 28.9 Å². The molecule has 0 radical (unpaired) electrons. The van der Waals surface area contributed by atoms with Crippen LogP contribution >= 0.6 is 0 Å². The second-order valence-corrected chi connectivity index (χ2v) is 11.3. The molecule has 198 valence electrons. The maximum absolute atomic E-state index is 14.3. The number of carbonyl (C=O) groups is 3. The van der Waals surface area contributed by atoms with Gasteiger partial charge in [-0.15, -0.1) is 0 Å². The van der Waals surface area contributed by atoms with Crippen LogP contribution in [0, 0.1) is 12.7 Å². The predicted octanol–water partition coefficient (Wildman–Crippen LogP) is 4.28. The number of halogens is 1. The number of pyridine rings is 1. The number of anilines is 2. The molecule has 37 heavy (non-hydrogen) atoms. The zero-order chi connectivity index (χ0) is 27.1. The maximum Gasteiger partial charge on any atom is 0.303 e. The van der Waals surface area contributed by atoms with Crippen molar-refractivity contribution in [1.29, 1.82) is 0 Å². The van der Waals surface area contributed by atoms with Crippen LogP contribution in [0.4, 0.5) is 15.8 Å². The zero-order valence-electron chi connectivity index (χ0n) is 22.2. The summed E-state index contributed by atoms with van der Waals surface area (Å²) in [6.07, 6.45) is 0.443. The number of amides is 2. The van der Waals surface area contributed by atoms with Gasteiger partial charge in [0.2, 0.25) is 5.91 Å². The molecular formula is C28H35FN4O4. The van der Waals surface area contributed by atoms with E-state index in [4.69, 9.17) is 10.1 Å². The van der Waals surface area contributed by atoms with Crippen LogP contribution < -0.4 is 4.90 Å². The number of carbonyl (C=O) groups excluding carboxylic acids is 2. The largest absolute Gasteiger partial charge is 0.481 e. The van der Waals surface area contributed by atoms with Crippen LogP contribution in [0.3, 0.4) is 0 Å². The van der Waals surface area contributed by atoms with Crippen LogP contribution in [-0.4, -0.2) is 69.4 Å². The Kier molecular flexibility index (Phi) is 7.01. The van der Waals surface area contributed by atoms with Gasteiger partial charge < -0.3 is 19.8 Å². The molecule has 2 aliphatic rings. The van der Waals surface area contributed by atoms with Crippen molar-refractivity contribution in [3.05, 3.63) is 53.1 Å². The number of fused-ring (bicyclic) bond motifs is 1. The molecule has 1 N–H and O–H groups in total. The predicted molar refractivity (Wildman–Crippen MR) is 139 cm³/mol. The van der Waals surface area contributed by atoms with Crippen LogP contribution in [0.25, 0.3) is 0 Å². The average Bonchev–Trinajstić information content (AvgIpc) is 3.09. The van der Waals surface area contributed by atoms with Crippen molar-refractivity contribution in [3.63, 3.8) is 0 Å². The number of hydrogen-bond donors (Lipinski definition) is 1. The minimum Gasteiger partial charge on any atom is -0.481 e. The van der Waals surface area contributed by atoms with Gasteiger partial charge in [-0.3, -0.25) is 14.4 Å². The Morgan fingerprint density at radius 2 is 1.76 bits per heavy atom. The van der Waals surface area contributed by atoms with Crippen LogP contribution in [0.5, 0.6) is 0 Å². The van der Waals surface area contributed by atoms with Gasteiger partial charge in [-0.05, 0) is 57.0 Å². The van der Waals surface area contributed by atoms with E-state index < -0.39 is 11.5 Å². The number of benzene rings is 1. The molecule has 4 rings (SSSR count). The Morgan fingerprint density at radius 3 is 2.41 bits per heavy atom. The third kappa shape index (κ3) is 5.31. The van der Waals surface area contributed by atoms with Crippen molar-refractivity contribution in [2.75, 3.05) is 31.1 Å². The van der Waals surface area contributed by atoms with Crippen molar-refractivity contribution >= 4 is 29.2 Å². The summed E-state index contributed by atoms with van der Waals surface area (Å²) in [6, 6.07) is 8.80. The number of aromatic nitrogens is 1. The molecule has 8 nitrogen and oxygen atoms in total. The summed E-state index contributed by atoms with van der Waals surface area (Å²) in [7, 11) is 0. The van der Waals surface area contributed by atoms with Crippen molar-refractivity contribution in [2.45, 2.75) is 64.8 Å². The van der Waals surface area contributed by atoms with Gasteiger partial charge in [0.1, 0.15) is 11.5 Å². The number of nitrogens with zero attached hydrogens (tertiary/aromatic N) is 4. The first-order chi connectivity index (χ1) is 17.3. The Hall–Kier alpha value is -3.49. The summed E-state index contributed by atoms with van der Waals surface area (Å²) in [5.41, 5.74) is 2.39. The molecule has 1 fully saturated rings. The van der Waals surface area contributed by atoms with Gasteiger partial charge >= 0.3 is 5.97 Å². The smallest absolute Gasteiger partial charge is 0.303 e. The summed E-state index contributed by atoms with van der Waals surface area (Å²) < 4.78 is 14.3. The van der Waals surface area contributed by atoms with Crippen molar-refractivity contribution in [3.8, 4) is 0 Å². The number of hydrogen-bond acceptors (Lipinski definition) is 5. The molecule has 1 saturated heterocycles. The summed E-state index contributed by atoms with van der Waals surface area (Å²) in [5, 5.41) is 8.82. The highest BCUT2D eigenvalue weighted by molar-refractivity contribution is 5.94. The van der Waals surface area contributed by atoms with E-state index >= 15 is 0 Å². The molecule has 0 spiro atoms. The average molecular weight is 511 g/mol. The minimum absolute atomic E-state index is 0.0375. The molecule has 2 aliphatic heterocycles. The van der Waals surface area contributed by atoms with Crippen LogP contribution in [-0.2, 0) is 15.0 Å². The van der Waals surface area contributed by atoms with E-state index in [2.05, 4.69) is 13.8 Å². The first kappa shape index (κ1) is 26.6. The Bertz CT molecular complexity index is 1240. The fourth-order valence-electron chi connectivity index (χ4n) is 5.25. The lowest BCUT2D eigenvalue weighted by Gasteiger charge is -2.47. The maximum atomic E-state index is 14.3. The van der Waals surface area contributed by atoms with E-state index in [0.717, 1.165) is 17.1 Å². The monoisotopic (exact) mass is 510 g/mol. The van der Waals surface area contributed by atoms with E-state index in [-0.39, 0.29) is 35.9 Å². The van der Waals surface area contributed by atoms with Gasteiger partial charge in [0.05, 0.1) is 16.9 Å². The fraction of sp³-hybridized carbons (Fsp3) is 0.500. The van der Waals surface area contributed by atoms with Crippen molar-refractivity contribution in [2.24, 2.45) is 0 Å². The number of carboxylic acids is 1. The molecule has 0 unspecified atom stereocenters.